The van der Waals surface area contributed by atoms with Gasteiger partial charge in [-0.25, -0.2) is 0 Å². The zero-order chi connectivity index (χ0) is 42.8. The maximum atomic E-state index is 12.7. The number of carbonyl (C=O) groups is 4. The van der Waals surface area contributed by atoms with Crippen LogP contribution in [0.25, 0.3) is 0 Å². The van der Waals surface area contributed by atoms with Gasteiger partial charge in [0.2, 0.25) is 5.91 Å². The topological polar surface area (TPSA) is 180 Å². The molecule has 0 spiro atoms. The summed E-state index contributed by atoms with van der Waals surface area (Å²) < 4.78 is 32.9. The van der Waals surface area contributed by atoms with Crippen molar-refractivity contribution >= 4 is 31.6 Å². The number of hydrogen-bond donors (Lipinski definition) is 1. The van der Waals surface area contributed by atoms with Crippen LogP contribution in [-0.2, 0) is 42.3 Å². The van der Waals surface area contributed by atoms with Crippen molar-refractivity contribution < 1.29 is 111 Å². The van der Waals surface area contributed by atoms with E-state index in [1.165, 1.54) is 77.0 Å². The first kappa shape index (κ1) is 63.8. The molecule has 0 rings (SSSR count). The first-order valence-corrected chi connectivity index (χ1v) is 24.3. The molecule has 0 aliphatic rings. The van der Waals surface area contributed by atoms with E-state index in [1.807, 2.05) is 0 Å². The van der Waals surface area contributed by atoms with Gasteiger partial charge in [0, 0.05) is 31.8 Å². The molecule has 0 fully saturated rings. The van der Waals surface area contributed by atoms with Crippen LogP contribution in [0.1, 0.15) is 206 Å². The van der Waals surface area contributed by atoms with Crippen molar-refractivity contribution in [2.24, 2.45) is 0 Å². The minimum Gasteiger partial charge on any atom is -0.756 e. The van der Waals surface area contributed by atoms with Gasteiger partial charge in [-0.3, -0.25) is 18.9 Å². The Kier molecular flexibility index (Phi) is 50.9. The SMILES string of the molecule is CCCCCCCC/C=C\CCCCCCCC(=O)OC[C@H](COP(=O)([O-])OCCNC(=O)CCC(=O)[O-])OC(=O)CCCCCCC/C=C\CCCCCCCC.[Na+].[Na+]. The predicted molar refractivity (Wildman–Crippen MR) is 227 cm³/mol. The fourth-order valence-electron chi connectivity index (χ4n) is 6.16. The summed E-state index contributed by atoms with van der Waals surface area (Å²) in [6, 6.07) is 0. The van der Waals surface area contributed by atoms with Gasteiger partial charge in [-0.1, -0.05) is 141 Å². The number of unbranched alkanes of at least 4 members (excludes halogenated alkanes) is 22. The van der Waals surface area contributed by atoms with E-state index >= 15 is 0 Å². The second-order valence-corrected chi connectivity index (χ2v) is 16.7. The van der Waals surface area contributed by atoms with Gasteiger partial charge in [-0.05, 0) is 70.6 Å². The van der Waals surface area contributed by atoms with Crippen LogP contribution >= 0.6 is 7.82 Å². The van der Waals surface area contributed by atoms with Crippen molar-refractivity contribution in [2.45, 2.75) is 213 Å². The van der Waals surface area contributed by atoms with Crippen molar-refractivity contribution in [3.05, 3.63) is 24.3 Å². The molecule has 0 aliphatic heterocycles. The van der Waals surface area contributed by atoms with Gasteiger partial charge >= 0.3 is 71.1 Å². The molecule has 0 aromatic heterocycles. The largest absolute Gasteiger partial charge is 1.00 e. The predicted octanol–water partition coefficient (Wildman–Crippen LogP) is 3.67. The van der Waals surface area contributed by atoms with Crippen LogP contribution < -0.4 is 74.4 Å². The van der Waals surface area contributed by atoms with Crippen LogP contribution in [0, 0.1) is 0 Å². The summed E-state index contributed by atoms with van der Waals surface area (Å²) in [6.07, 6.45) is 37.1. The van der Waals surface area contributed by atoms with Gasteiger partial charge in [0.05, 0.1) is 13.2 Å². The van der Waals surface area contributed by atoms with Gasteiger partial charge in [0.15, 0.2) is 6.10 Å². The fraction of sp³-hybridized carbons (Fsp3) is 0.822. The third kappa shape index (κ3) is 48.5. The van der Waals surface area contributed by atoms with E-state index in [2.05, 4.69) is 43.5 Å². The summed E-state index contributed by atoms with van der Waals surface area (Å²) >= 11 is 0. The summed E-state index contributed by atoms with van der Waals surface area (Å²) in [4.78, 5) is 59.6. The molecule has 2 atom stereocenters. The molecular weight excluding hydrogens is 807 g/mol. The Morgan fingerprint density at radius 3 is 1.42 bits per heavy atom. The first-order valence-electron chi connectivity index (χ1n) is 22.8. The molecule has 12 nitrogen and oxygen atoms in total. The number of nitrogens with one attached hydrogen (secondary N) is 1. The van der Waals surface area contributed by atoms with Crippen molar-refractivity contribution in [3.8, 4) is 0 Å². The second-order valence-electron chi connectivity index (χ2n) is 15.3. The minimum absolute atomic E-state index is 0. The van der Waals surface area contributed by atoms with E-state index in [9.17, 15) is 33.7 Å². The molecule has 0 saturated carbocycles. The van der Waals surface area contributed by atoms with Crippen LogP contribution in [0.3, 0.4) is 0 Å². The Hall–Kier alpha value is -0.530. The summed E-state index contributed by atoms with van der Waals surface area (Å²) in [5.74, 6) is -2.98. The smallest absolute Gasteiger partial charge is 0.756 e. The number of carboxylic acid groups (broad SMARTS) is 1. The standard InChI is InChI=1S/C45H82NO11P.2Na/c1-3-5-7-9-11-13-15-17-19-21-23-25-27-29-31-33-44(50)54-39-41(40-56-58(52,53)55-38-37-46-42(47)35-36-43(48)49)57-45(51)34-32-30-28-26-24-22-20-18-16-14-12-10-8-6-4-2;;/h17-20,41H,3-16,21-40H2,1-2H3,(H,46,47)(H,48,49)(H,52,53);;/q;2*+1/p-2/b19-17-,20-18-;;/t41-;;/m1../s1. The van der Waals surface area contributed by atoms with Crippen molar-refractivity contribution in [3.63, 3.8) is 0 Å². The Bertz CT molecular complexity index is 1140. The molecule has 0 aromatic carbocycles. The number of phosphoric acid groups is 1. The van der Waals surface area contributed by atoms with Gasteiger partial charge < -0.3 is 38.6 Å². The quantitative estimate of drug-likeness (QED) is 0.0311. The van der Waals surface area contributed by atoms with Crippen molar-refractivity contribution in [1.82, 2.24) is 5.32 Å². The Labute approximate surface area is 408 Å². The molecule has 338 valence electrons. The zero-order valence-corrected chi connectivity index (χ0v) is 43.3. The number of ether oxygens (including phenoxy) is 2. The monoisotopic (exact) mass is 888 g/mol. The molecule has 0 bridgehead atoms. The van der Waals surface area contributed by atoms with Crippen molar-refractivity contribution in [2.75, 3.05) is 26.4 Å². The number of rotatable bonds is 43. The first-order chi connectivity index (χ1) is 28.1. The molecular formula is C45H80NNa2O11P. The molecule has 0 saturated heterocycles. The summed E-state index contributed by atoms with van der Waals surface area (Å²) in [7, 11) is -4.87. The average Bonchev–Trinajstić information content (AvgIpc) is 3.19. The van der Waals surface area contributed by atoms with E-state index < -0.39 is 57.4 Å². The number of allylic oxidation sites excluding steroid dienone is 4. The molecule has 1 N–H and O–H groups in total. The molecule has 0 aliphatic carbocycles. The van der Waals surface area contributed by atoms with E-state index in [0.717, 1.165) is 77.0 Å². The molecule has 60 heavy (non-hydrogen) atoms. The number of amides is 1. The summed E-state index contributed by atoms with van der Waals surface area (Å²) in [6.45, 7) is 2.83. The Morgan fingerprint density at radius 2 is 0.967 bits per heavy atom. The van der Waals surface area contributed by atoms with E-state index in [4.69, 9.17) is 18.5 Å². The van der Waals surface area contributed by atoms with E-state index in [1.54, 1.807) is 0 Å². The third-order valence-corrected chi connectivity index (χ3v) is 10.6. The van der Waals surface area contributed by atoms with Gasteiger partial charge in [0.25, 0.3) is 7.82 Å². The summed E-state index contributed by atoms with van der Waals surface area (Å²) in [5.41, 5.74) is 0. The normalized spacial score (nSPS) is 12.7. The van der Waals surface area contributed by atoms with Crippen LogP contribution in [-0.4, -0.2) is 56.3 Å². The number of hydrogen-bond acceptors (Lipinski definition) is 11. The van der Waals surface area contributed by atoms with Gasteiger partial charge in [-0.15, -0.1) is 0 Å². The molecule has 0 aromatic rings. The van der Waals surface area contributed by atoms with Crippen LogP contribution in [0.5, 0.6) is 0 Å². The maximum absolute atomic E-state index is 12.7. The number of carbonyl (C=O) groups excluding carboxylic acids is 4. The second kappa shape index (κ2) is 47.9. The molecule has 0 heterocycles. The van der Waals surface area contributed by atoms with Crippen LogP contribution in [0.2, 0.25) is 0 Å². The average molecular weight is 888 g/mol. The van der Waals surface area contributed by atoms with Crippen LogP contribution in [0.15, 0.2) is 24.3 Å². The number of phosphoric ester groups is 1. The number of carboxylic acids is 1. The van der Waals surface area contributed by atoms with E-state index in [-0.39, 0.29) is 91.5 Å². The molecule has 1 unspecified atom stereocenters. The molecule has 15 heteroatoms. The molecule has 1 amide bonds. The van der Waals surface area contributed by atoms with Crippen LogP contribution in [0.4, 0.5) is 0 Å². The zero-order valence-electron chi connectivity index (χ0n) is 38.4. The fourth-order valence-corrected chi connectivity index (χ4v) is 6.90. The summed E-state index contributed by atoms with van der Waals surface area (Å²) in [5, 5.41) is 12.8. The molecule has 0 radical (unpaired) electrons. The van der Waals surface area contributed by atoms with Gasteiger partial charge in [-0.2, -0.15) is 0 Å². The minimum atomic E-state index is -4.87. The van der Waals surface area contributed by atoms with E-state index in [0.29, 0.717) is 12.8 Å². The third-order valence-electron chi connectivity index (χ3n) is 9.66. The van der Waals surface area contributed by atoms with Gasteiger partial charge in [0.1, 0.15) is 6.61 Å². The maximum Gasteiger partial charge on any atom is 1.00 e. The Balaban J connectivity index is -0.0000162. The number of aliphatic carboxylic acids is 1. The Morgan fingerprint density at radius 1 is 0.550 bits per heavy atom. The van der Waals surface area contributed by atoms with Crippen molar-refractivity contribution in [1.29, 1.82) is 0 Å². The number of esters is 2.